The summed E-state index contributed by atoms with van der Waals surface area (Å²) in [6.07, 6.45) is 7.78. The highest BCUT2D eigenvalue weighted by Crippen LogP contribution is 2.28. The van der Waals surface area contributed by atoms with Gasteiger partial charge in [-0.25, -0.2) is 9.37 Å². The Morgan fingerprint density at radius 3 is 2.91 bits per heavy atom. The number of aromatic amines is 1. The number of carbonyl (C=O) groups excluding carboxylic acids is 1. The van der Waals surface area contributed by atoms with Crippen LogP contribution in [0.4, 0.5) is 4.39 Å². The molecule has 6 nitrogen and oxygen atoms in total. The monoisotopic (exact) mass is 445 g/mol. The second kappa shape index (κ2) is 8.81. The smallest absolute Gasteiger partial charge is 0.223 e. The summed E-state index contributed by atoms with van der Waals surface area (Å²) < 4.78 is 15.7. The molecule has 2 atom stereocenters. The molecule has 4 aromatic rings. The number of amides is 1. The molecule has 0 saturated carbocycles. The summed E-state index contributed by atoms with van der Waals surface area (Å²) in [4.78, 5) is 19.7. The maximum Gasteiger partial charge on any atom is 0.223 e. The second-order valence-corrected chi connectivity index (χ2v) is 9.14. The first-order chi connectivity index (χ1) is 16.0. The van der Waals surface area contributed by atoms with Crippen LogP contribution in [-0.4, -0.2) is 43.1 Å². The Kier molecular flexibility index (Phi) is 5.70. The summed E-state index contributed by atoms with van der Waals surface area (Å²) in [7, 11) is 0. The quantitative estimate of drug-likeness (QED) is 0.466. The summed E-state index contributed by atoms with van der Waals surface area (Å²) in [5.41, 5.74) is 5.57. The summed E-state index contributed by atoms with van der Waals surface area (Å²) in [6, 6.07) is 11.5. The first-order valence-corrected chi connectivity index (χ1v) is 11.5. The number of aryl methyl sites for hydroxylation is 2. The normalized spacial score (nSPS) is 18.3. The van der Waals surface area contributed by atoms with Gasteiger partial charge >= 0.3 is 0 Å². The highest BCUT2D eigenvalue weighted by Gasteiger charge is 2.32. The average molecular weight is 446 g/mol. The van der Waals surface area contributed by atoms with Crippen molar-refractivity contribution in [1.29, 1.82) is 0 Å². The molecule has 1 aromatic carbocycles. The number of hydrogen-bond acceptors (Lipinski definition) is 3. The highest BCUT2D eigenvalue weighted by atomic mass is 19.1. The lowest BCUT2D eigenvalue weighted by Crippen LogP contribution is -2.34. The molecule has 0 spiro atoms. The first kappa shape index (κ1) is 21.4. The van der Waals surface area contributed by atoms with Crippen LogP contribution in [0.3, 0.4) is 0 Å². The molecular weight excluding hydrogens is 417 g/mol. The van der Waals surface area contributed by atoms with Gasteiger partial charge in [0.25, 0.3) is 0 Å². The van der Waals surface area contributed by atoms with Gasteiger partial charge in [-0.3, -0.25) is 9.89 Å². The summed E-state index contributed by atoms with van der Waals surface area (Å²) in [5.74, 6) is 0.378. The maximum atomic E-state index is 13.5. The Morgan fingerprint density at radius 1 is 1.24 bits per heavy atom. The molecule has 0 radical (unpaired) electrons. The lowest BCUT2D eigenvalue weighted by Gasteiger charge is -2.21. The summed E-state index contributed by atoms with van der Waals surface area (Å²) >= 11 is 0. The number of halogens is 1. The third-order valence-corrected chi connectivity index (χ3v) is 6.70. The van der Waals surface area contributed by atoms with E-state index in [1.807, 2.05) is 29.3 Å². The van der Waals surface area contributed by atoms with Crippen LogP contribution in [-0.2, 0) is 17.8 Å². The molecule has 4 heterocycles. The maximum absolute atomic E-state index is 13.5. The molecule has 1 fully saturated rings. The van der Waals surface area contributed by atoms with Crippen LogP contribution in [0, 0.1) is 18.7 Å². The van der Waals surface area contributed by atoms with Crippen molar-refractivity contribution in [2.75, 3.05) is 6.54 Å². The topological polar surface area (TPSA) is 66.8 Å². The van der Waals surface area contributed by atoms with E-state index in [0.717, 1.165) is 47.4 Å². The van der Waals surface area contributed by atoms with Crippen molar-refractivity contribution in [3.05, 3.63) is 71.9 Å². The van der Waals surface area contributed by atoms with Gasteiger partial charge in [0.05, 0.1) is 22.9 Å². The average Bonchev–Trinajstić information content (AvgIpc) is 3.55. The van der Waals surface area contributed by atoms with Gasteiger partial charge < -0.3 is 9.47 Å². The summed E-state index contributed by atoms with van der Waals surface area (Å²) in [6.45, 7) is 5.52. The molecule has 170 valence electrons. The van der Waals surface area contributed by atoms with Crippen LogP contribution in [0.15, 0.2) is 55.0 Å². The van der Waals surface area contributed by atoms with E-state index in [1.54, 1.807) is 19.2 Å². The van der Waals surface area contributed by atoms with E-state index >= 15 is 0 Å². The molecule has 1 aliphatic heterocycles. The van der Waals surface area contributed by atoms with Gasteiger partial charge in [-0.1, -0.05) is 12.1 Å². The fraction of sp³-hybridized carbons (Fsp3) is 0.346. The number of pyridine rings is 1. The molecule has 3 aromatic heterocycles. The van der Waals surface area contributed by atoms with Crippen LogP contribution in [0.2, 0.25) is 0 Å². The third kappa shape index (κ3) is 4.40. The van der Waals surface area contributed by atoms with E-state index in [9.17, 15) is 9.18 Å². The fourth-order valence-electron chi connectivity index (χ4n) is 4.94. The highest BCUT2D eigenvalue weighted by molar-refractivity contribution is 5.79. The van der Waals surface area contributed by atoms with Crippen molar-refractivity contribution in [1.82, 2.24) is 24.6 Å². The number of aromatic nitrogens is 4. The molecule has 1 amide bonds. The molecule has 0 unspecified atom stereocenters. The minimum absolute atomic E-state index is 0.177. The van der Waals surface area contributed by atoms with Gasteiger partial charge in [-0.15, -0.1) is 0 Å². The standard InChI is InChI=1S/C26H28FN5O/c1-17-11-19(3-5-22(17)27)4-8-26(33)32-16-20(12-18(32)2)15-31-10-9-24-25(31)7-6-23(30-24)21-13-28-29-14-21/h3,5-7,9-11,13-14,18,20H,4,8,12,15-16H2,1-2H3,(H,28,29)/t18-,20-/m1/s1. The minimum Gasteiger partial charge on any atom is -0.346 e. The van der Waals surface area contributed by atoms with Gasteiger partial charge in [-0.2, -0.15) is 5.10 Å². The van der Waals surface area contributed by atoms with Crippen molar-refractivity contribution < 1.29 is 9.18 Å². The van der Waals surface area contributed by atoms with Crippen LogP contribution in [0.25, 0.3) is 22.3 Å². The Hall–Kier alpha value is -3.48. The third-order valence-electron chi connectivity index (χ3n) is 6.70. The van der Waals surface area contributed by atoms with E-state index in [1.165, 1.54) is 6.07 Å². The zero-order valence-corrected chi connectivity index (χ0v) is 19.0. The number of nitrogens with one attached hydrogen (secondary N) is 1. The number of hydrogen-bond donors (Lipinski definition) is 1. The van der Waals surface area contributed by atoms with Crippen molar-refractivity contribution in [3.63, 3.8) is 0 Å². The summed E-state index contributed by atoms with van der Waals surface area (Å²) in [5, 5.41) is 6.83. The van der Waals surface area contributed by atoms with E-state index in [0.29, 0.717) is 24.3 Å². The van der Waals surface area contributed by atoms with Crippen LogP contribution >= 0.6 is 0 Å². The lowest BCUT2D eigenvalue weighted by atomic mass is 10.1. The van der Waals surface area contributed by atoms with Gasteiger partial charge in [-0.05, 0) is 68.0 Å². The largest absolute Gasteiger partial charge is 0.346 e. The molecule has 0 bridgehead atoms. The van der Waals surface area contributed by atoms with Crippen LogP contribution < -0.4 is 0 Å². The van der Waals surface area contributed by atoms with Gasteiger partial charge in [0.15, 0.2) is 0 Å². The van der Waals surface area contributed by atoms with Crippen LogP contribution in [0.5, 0.6) is 0 Å². The molecule has 1 saturated heterocycles. The van der Waals surface area contributed by atoms with Gasteiger partial charge in [0.1, 0.15) is 5.82 Å². The van der Waals surface area contributed by atoms with E-state index in [2.05, 4.69) is 34.0 Å². The number of nitrogens with zero attached hydrogens (tertiary/aromatic N) is 4. The predicted octanol–water partition coefficient (Wildman–Crippen LogP) is 4.74. The molecule has 1 N–H and O–H groups in total. The van der Waals surface area contributed by atoms with Crippen molar-refractivity contribution in [2.24, 2.45) is 5.92 Å². The number of likely N-dealkylation sites (tertiary alicyclic amines) is 1. The second-order valence-electron chi connectivity index (χ2n) is 9.14. The lowest BCUT2D eigenvalue weighted by molar-refractivity contribution is -0.131. The molecule has 33 heavy (non-hydrogen) atoms. The van der Waals surface area contributed by atoms with Gasteiger partial charge in [0.2, 0.25) is 5.91 Å². The number of carbonyl (C=O) groups is 1. The molecule has 0 aliphatic carbocycles. The van der Waals surface area contributed by atoms with Gasteiger partial charge in [0, 0.05) is 43.5 Å². The minimum atomic E-state index is -0.202. The van der Waals surface area contributed by atoms with E-state index in [4.69, 9.17) is 4.98 Å². The molecule has 1 aliphatic rings. The number of fused-ring (bicyclic) bond motifs is 1. The SMILES string of the molecule is Cc1cc(CCC(=O)N2C[C@@H](Cn3ccc4nc(-c5cn[nH]c5)ccc43)C[C@H]2C)ccc1F. The Balaban J connectivity index is 1.22. The van der Waals surface area contributed by atoms with Crippen molar-refractivity contribution in [3.8, 4) is 11.3 Å². The number of benzene rings is 1. The molecule has 5 rings (SSSR count). The fourth-order valence-corrected chi connectivity index (χ4v) is 4.94. The van der Waals surface area contributed by atoms with E-state index < -0.39 is 0 Å². The zero-order chi connectivity index (χ0) is 22.9. The zero-order valence-electron chi connectivity index (χ0n) is 19.0. The van der Waals surface area contributed by atoms with E-state index in [-0.39, 0.29) is 17.8 Å². The Morgan fingerprint density at radius 2 is 2.12 bits per heavy atom. The molecule has 7 heteroatoms. The number of rotatable bonds is 6. The van der Waals surface area contributed by atoms with Crippen LogP contribution in [0.1, 0.15) is 30.9 Å². The predicted molar refractivity (Wildman–Crippen MR) is 126 cm³/mol. The Bertz CT molecular complexity index is 1280. The molecular formula is C26H28FN5O. The first-order valence-electron chi connectivity index (χ1n) is 11.5. The number of H-pyrrole nitrogens is 1. The Labute approximate surface area is 192 Å². The van der Waals surface area contributed by atoms with Crippen molar-refractivity contribution >= 4 is 16.9 Å². The van der Waals surface area contributed by atoms with Crippen molar-refractivity contribution in [2.45, 2.75) is 45.7 Å².